The van der Waals surface area contributed by atoms with Gasteiger partial charge in [0.1, 0.15) is 4.90 Å². The van der Waals surface area contributed by atoms with Crippen molar-refractivity contribution in [2.75, 3.05) is 11.0 Å². The monoisotopic (exact) mass is 401 g/mol. The molecule has 27 heavy (non-hydrogen) atoms. The van der Waals surface area contributed by atoms with E-state index in [1.807, 2.05) is 75.6 Å². The SMILES string of the molecule is CSc1cccc(NS(=O)(=O)c2cn(-c3ccccc3)nc2C(C)(C)C)c1. The third kappa shape index (κ3) is 4.36. The molecule has 0 amide bonds. The lowest BCUT2D eigenvalue weighted by Gasteiger charge is -2.18. The quantitative estimate of drug-likeness (QED) is 0.630. The van der Waals surface area contributed by atoms with E-state index < -0.39 is 15.4 Å². The van der Waals surface area contributed by atoms with Crippen LogP contribution >= 0.6 is 11.8 Å². The van der Waals surface area contributed by atoms with Gasteiger partial charge in [-0.3, -0.25) is 4.72 Å². The first-order valence-electron chi connectivity index (χ1n) is 8.53. The Bertz CT molecular complexity index is 1040. The van der Waals surface area contributed by atoms with Gasteiger partial charge in [0.15, 0.2) is 0 Å². The normalized spacial score (nSPS) is 12.1. The Labute approximate surface area is 164 Å². The van der Waals surface area contributed by atoms with Crippen molar-refractivity contribution in [1.82, 2.24) is 9.78 Å². The fourth-order valence-electron chi connectivity index (χ4n) is 2.68. The Hall–Kier alpha value is -2.25. The lowest BCUT2D eigenvalue weighted by Crippen LogP contribution is -2.20. The number of nitrogens with one attached hydrogen (secondary N) is 1. The van der Waals surface area contributed by atoms with Gasteiger partial charge < -0.3 is 0 Å². The smallest absolute Gasteiger partial charge is 0.265 e. The van der Waals surface area contributed by atoms with Gasteiger partial charge in [0.2, 0.25) is 0 Å². The van der Waals surface area contributed by atoms with E-state index >= 15 is 0 Å². The van der Waals surface area contributed by atoms with E-state index in [9.17, 15) is 8.42 Å². The number of thioether (sulfide) groups is 1. The Morgan fingerprint density at radius 1 is 1.04 bits per heavy atom. The van der Waals surface area contributed by atoms with Crippen LogP contribution in [0.4, 0.5) is 5.69 Å². The molecule has 2 aromatic carbocycles. The summed E-state index contributed by atoms with van der Waals surface area (Å²) >= 11 is 1.56. The second kappa shape index (κ2) is 7.40. The van der Waals surface area contributed by atoms with E-state index in [1.165, 1.54) is 0 Å². The van der Waals surface area contributed by atoms with Gasteiger partial charge in [-0.2, -0.15) is 5.10 Å². The van der Waals surface area contributed by atoms with Crippen LogP contribution in [0.25, 0.3) is 5.69 Å². The summed E-state index contributed by atoms with van der Waals surface area (Å²) < 4.78 is 30.6. The summed E-state index contributed by atoms with van der Waals surface area (Å²) in [5.41, 5.74) is 1.45. The number of anilines is 1. The van der Waals surface area contributed by atoms with Crippen molar-refractivity contribution in [3.63, 3.8) is 0 Å². The van der Waals surface area contributed by atoms with Crippen LogP contribution in [0.5, 0.6) is 0 Å². The molecule has 0 saturated carbocycles. The molecule has 0 fully saturated rings. The largest absolute Gasteiger partial charge is 0.279 e. The standard InChI is InChI=1S/C20H23N3O2S2/c1-20(2,3)19-18(14-23(21-19)16-10-6-5-7-11-16)27(24,25)22-15-9-8-12-17(13-15)26-4/h5-14,22H,1-4H3. The molecule has 1 heterocycles. The number of aromatic nitrogens is 2. The first-order chi connectivity index (χ1) is 12.7. The molecular weight excluding hydrogens is 378 g/mol. The molecular formula is C20H23N3O2S2. The molecule has 1 aromatic heterocycles. The second-order valence-corrected chi connectivity index (χ2v) is 9.74. The average Bonchev–Trinajstić information content (AvgIpc) is 3.09. The van der Waals surface area contributed by atoms with Gasteiger partial charge in [-0.15, -0.1) is 11.8 Å². The molecule has 0 bridgehead atoms. The van der Waals surface area contributed by atoms with Crippen molar-refractivity contribution < 1.29 is 8.42 Å². The lowest BCUT2D eigenvalue weighted by atomic mass is 9.92. The summed E-state index contributed by atoms with van der Waals surface area (Å²) in [4.78, 5) is 1.18. The molecule has 0 aliphatic rings. The fourth-order valence-corrected chi connectivity index (χ4v) is 4.53. The summed E-state index contributed by atoms with van der Waals surface area (Å²) in [6.07, 6.45) is 3.53. The van der Waals surface area contributed by atoms with Crippen molar-refractivity contribution in [2.45, 2.75) is 36.0 Å². The summed E-state index contributed by atoms with van der Waals surface area (Å²) in [5.74, 6) is 0. The number of hydrogen-bond donors (Lipinski definition) is 1. The molecule has 0 aliphatic heterocycles. The predicted molar refractivity (Wildman–Crippen MR) is 111 cm³/mol. The van der Waals surface area contributed by atoms with Gasteiger partial charge in [-0.05, 0) is 36.6 Å². The van der Waals surface area contributed by atoms with Crippen LogP contribution in [0.15, 0.2) is 70.6 Å². The number of rotatable bonds is 5. The number of hydrogen-bond acceptors (Lipinski definition) is 4. The van der Waals surface area contributed by atoms with E-state index in [2.05, 4.69) is 9.82 Å². The van der Waals surface area contributed by atoms with E-state index in [-0.39, 0.29) is 4.90 Å². The Kier molecular flexibility index (Phi) is 5.35. The van der Waals surface area contributed by atoms with E-state index in [1.54, 1.807) is 28.7 Å². The molecule has 5 nitrogen and oxygen atoms in total. The van der Waals surface area contributed by atoms with Crippen LogP contribution in [0.2, 0.25) is 0 Å². The highest BCUT2D eigenvalue weighted by Crippen LogP contribution is 2.30. The molecule has 3 rings (SSSR count). The minimum atomic E-state index is -3.78. The zero-order valence-corrected chi connectivity index (χ0v) is 17.4. The highest BCUT2D eigenvalue weighted by molar-refractivity contribution is 7.98. The molecule has 0 unspecified atom stereocenters. The van der Waals surface area contributed by atoms with Crippen LogP contribution in [0, 0.1) is 0 Å². The zero-order valence-electron chi connectivity index (χ0n) is 15.8. The second-order valence-electron chi connectivity index (χ2n) is 7.21. The van der Waals surface area contributed by atoms with E-state index in [4.69, 9.17) is 0 Å². The van der Waals surface area contributed by atoms with Gasteiger partial charge >= 0.3 is 0 Å². The van der Waals surface area contributed by atoms with Crippen molar-refractivity contribution >= 4 is 27.5 Å². The highest BCUT2D eigenvalue weighted by Gasteiger charge is 2.30. The molecule has 3 aromatic rings. The van der Waals surface area contributed by atoms with Gasteiger partial charge in [-0.1, -0.05) is 45.0 Å². The molecule has 0 saturated heterocycles. The molecule has 142 valence electrons. The summed E-state index contributed by atoms with van der Waals surface area (Å²) in [6.45, 7) is 5.87. The van der Waals surface area contributed by atoms with Gasteiger partial charge in [0, 0.05) is 16.0 Å². The fraction of sp³-hybridized carbons (Fsp3) is 0.250. The van der Waals surface area contributed by atoms with Crippen molar-refractivity contribution in [3.8, 4) is 5.69 Å². The molecule has 0 radical (unpaired) electrons. The lowest BCUT2D eigenvalue weighted by molar-refractivity contribution is 0.543. The molecule has 0 aliphatic carbocycles. The van der Waals surface area contributed by atoms with E-state index in [0.29, 0.717) is 11.4 Å². The molecule has 7 heteroatoms. The number of sulfonamides is 1. The van der Waals surface area contributed by atoms with Crippen molar-refractivity contribution in [2.24, 2.45) is 0 Å². The van der Waals surface area contributed by atoms with Crippen molar-refractivity contribution in [1.29, 1.82) is 0 Å². The van der Waals surface area contributed by atoms with E-state index in [0.717, 1.165) is 10.6 Å². The third-order valence-corrected chi connectivity index (χ3v) is 6.13. The van der Waals surface area contributed by atoms with Crippen LogP contribution in [-0.4, -0.2) is 24.5 Å². The summed E-state index contributed by atoms with van der Waals surface area (Å²) in [7, 11) is -3.78. The average molecular weight is 402 g/mol. The zero-order chi connectivity index (χ0) is 19.7. The van der Waals surface area contributed by atoms with Crippen LogP contribution in [-0.2, 0) is 15.4 Å². The van der Waals surface area contributed by atoms with Crippen LogP contribution in [0.1, 0.15) is 26.5 Å². The summed E-state index contributed by atoms with van der Waals surface area (Å²) in [6, 6.07) is 16.8. The first-order valence-corrected chi connectivity index (χ1v) is 11.2. The number of benzene rings is 2. The maximum atomic E-state index is 13.1. The first kappa shape index (κ1) is 19.5. The topological polar surface area (TPSA) is 64.0 Å². The molecule has 0 spiro atoms. The van der Waals surface area contributed by atoms with Gasteiger partial charge in [-0.25, -0.2) is 13.1 Å². The van der Waals surface area contributed by atoms with Gasteiger partial charge in [0.05, 0.1) is 17.6 Å². The number of nitrogens with zero attached hydrogens (tertiary/aromatic N) is 2. The Morgan fingerprint density at radius 3 is 2.37 bits per heavy atom. The Balaban J connectivity index is 2.07. The molecule has 1 N–H and O–H groups in total. The van der Waals surface area contributed by atoms with Gasteiger partial charge in [0.25, 0.3) is 10.0 Å². The highest BCUT2D eigenvalue weighted by atomic mass is 32.2. The summed E-state index contributed by atoms with van der Waals surface area (Å²) in [5, 5.41) is 4.59. The van der Waals surface area contributed by atoms with Crippen LogP contribution in [0.3, 0.4) is 0 Å². The maximum absolute atomic E-state index is 13.1. The van der Waals surface area contributed by atoms with Crippen molar-refractivity contribution in [3.05, 3.63) is 66.5 Å². The minimum absolute atomic E-state index is 0.188. The number of para-hydroxylation sites is 1. The van der Waals surface area contributed by atoms with Crippen LogP contribution < -0.4 is 4.72 Å². The maximum Gasteiger partial charge on any atom is 0.265 e. The predicted octanol–water partition coefficient (Wildman–Crippen LogP) is 4.69. The Morgan fingerprint density at radius 2 is 1.74 bits per heavy atom. The minimum Gasteiger partial charge on any atom is -0.279 e. The third-order valence-electron chi connectivity index (χ3n) is 4.02. The molecule has 0 atom stereocenters.